The minimum absolute atomic E-state index is 0.0316. The number of likely N-dealkylation sites (N-methyl/N-ethyl adjacent to an activating group) is 1. The lowest BCUT2D eigenvalue weighted by atomic mass is 10.2. The van der Waals surface area contributed by atoms with E-state index in [0.717, 1.165) is 0 Å². The molecule has 0 aliphatic heterocycles. The van der Waals surface area contributed by atoms with Crippen molar-refractivity contribution in [1.82, 2.24) is 10.2 Å². The fourth-order valence-electron chi connectivity index (χ4n) is 1.06. The van der Waals surface area contributed by atoms with Crippen molar-refractivity contribution in [2.24, 2.45) is 5.73 Å². The Hall–Kier alpha value is -1.10. The van der Waals surface area contributed by atoms with E-state index in [4.69, 9.17) is 5.73 Å². The Morgan fingerprint density at radius 2 is 2.00 bits per heavy atom. The van der Waals surface area contributed by atoms with Gasteiger partial charge in [-0.2, -0.15) is 0 Å². The molecule has 1 unspecified atom stereocenters. The van der Waals surface area contributed by atoms with E-state index in [1.807, 2.05) is 0 Å². The molecule has 0 radical (unpaired) electrons. The van der Waals surface area contributed by atoms with Crippen molar-refractivity contribution in [1.29, 1.82) is 0 Å². The Labute approximate surface area is 84.6 Å². The maximum absolute atomic E-state index is 11.3. The molecule has 0 saturated heterocycles. The van der Waals surface area contributed by atoms with Crippen molar-refractivity contribution in [2.45, 2.75) is 25.8 Å². The number of nitrogens with one attached hydrogen (secondary N) is 1. The molecule has 1 atom stereocenters. The molecule has 0 aromatic rings. The zero-order valence-electron chi connectivity index (χ0n) is 9.04. The number of nitrogens with two attached hydrogens (primary N) is 1. The van der Waals surface area contributed by atoms with Crippen LogP contribution in [0.2, 0.25) is 0 Å². The first-order valence-electron chi connectivity index (χ1n) is 4.68. The number of carbonyl (C=O) groups is 2. The van der Waals surface area contributed by atoms with Gasteiger partial charge in [-0.1, -0.05) is 0 Å². The van der Waals surface area contributed by atoms with Gasteiger partial charge < -0.3 is 16.0 Å². The van der Waals surface area contributed by atoms with Gasteiger partial charge in [0.1, 0.15) is 0 Å². The highest BCUT2D eigenvalue weighted by Gasteiger charge is 2.13. The molecule has 0 aromatic heterocycles. The van der Waals surface area contributed by atoms with Crippen LogP contribution < -0.4 is 11.1 Å². The number of hydrogen-bond donors (Lipinski definition) is 2. The number of primary amides is 1. The predicted octanol–water partition coefficient (Wildman–Crippen LogP) is -0.682. The average molecular weight is 201 g/mol. The summed E-state index contributed by atoms with van der Waals surface area (Å²) in [7, 11) is 3.42. The van der Waals surface area contributed by atoms with Crippen molar-refractivity contribution in [3.8, 4) is 0 Å². The average Bonchev–Trinajstić information content (AvgIpc) is 2.10. The first-order chi connectivity index (χ1) is 6.45. The van der Waals surface area contributed by atoms with Gasteiger partial charge in [0.05, 0.1) is 6.04 Å². The Morgan fingerprint density at radius 1 is 1.43 bits per heavy atom. The van der Waals surface area contributed by atoms with E-state index in [1.54, 1.807) is 21.0 Å². The lowest BCUT2D eigenvalue weighted by Crippen LogP contribution is -2.41. The topological polar surface area (TPSA) is 75.4 Å². The lowest BCUT2D eigenvalue weighted by Gasteiger charge is -2.17. The van der Waals surface area contributed by atoms with Crippen molar-refractivity contribution < 1.29 is 9.59 Å². The maximum Gasteiger partial charge on any atom is 0.238 e. The summed E-state index contributed by atoms with van der Waals surface area (Å²) >= 11 is 0. The molecular formula is C9H19N3O2. The summed E-state index contributed by atoms with van der Waals surface area (Å²) in [4.78, 5) is 23.3. The van der Waals surface area contributed by atoms with Crippen LogP contribution >= 0.6 is 0 Å². The summed E-state index contributed by atoms with van der Waals surface area (Å²) in [5.74, 6) is -0.275. The second-order valence-electron chi connectivity index (χ2n) is 3.48. The number of rotatable bonds is 6. The van der Waals surface area contributed by atoms with Crippen LogP contribution in [0.15, 0.2) is 0 Å². The zero-order valence-corrected chi connectivity index (χ0v) is 9.04. The summed E-state index contributed by atoms with van der Waals surface area (Å²) in [6.07, 6.45) is 1.02. The maximum atomic E-state index is 11.3. The molecule has 0 bridgehead atoms. The number of amides is 2. The van der Waals surface area contributed by atoms with Crippen LogP contribution in [0, 0.1) is 0 Å². The number of nitrogens with zero attached hydrogens (tertiary/aromatic N) is 1. The third-order valence-electron chi connectivity index (χ3n) is 1.86. The molecule has 2 amide bonds. The summed E-state index contributed by atoms with van der Waals surface area (Å²) in [6, 6.07) is -0.210. The highest BCUT2D eigenvalue weighted by Crippen LogP contribution is 1.90. The molecule has 0 aliphatic carbocycles. The van der Waals surface area contributed by atoms with Gasteiger partial charge in [0.15, 0.2) is 0 Å². The van der Waals surface area contributed by atoms with E-state index in [1.165, 1.54) is 4.90 Å². The molecule has 0 aliphatic rings. The van der Waals surface area contributed by atoms with E-state index in [0.29, 0.717) is 19.4 Å². The Balaban J connectivity index is 3.59. The third-order valence-corrected chi connectivity index (χ3v) is 1.86. The van der Waals surface area contributed by atoms with Gasteiger partial charge >= 0.3 is 0 Å². The standard InChI is InChI=1S/C9H19N3O2/c1-7(9(14)12(2)3)11-6-4-5-8(10)13/h7,11H,4-6H2,1-3H3,(H2,10,13). The van der Waals surface area contributed by atoms with E-state index < -0.39 is 0 Å². The van der Waals surface area contributed by atoms with Gasteiger partial charge in [-0.25, -0.2) is 0 Å². The molecule has 0 aromatic carbocycles. The van der Waals surface area contributed by atoms with Gasteiger partial charge in [0.2, 0.25) is 11.8 Å². The Kier molecular flexibility index (Phi) is 5.87. The summed E-state index contributed by atoms with van der Waals surface area (Å²) in [5, 5.41) is 3.02. The summed E-state index contributed by atoms with van der Waals surface area (Å²) in [5.41, 5.74) is 4.98. The van der Waals surface area contributed by atoms with Gasteiger partial charge in [-0.15, -0.1) is 0 Å². The highest BCUT2D eigenvalue weighted by molar-refractivity contribution is 5.80. The highest BCUT2D eigenvalue weighted by atomic mass is 16.2. The molecule has 0 rings (SSSR count). The predicted molar refractivity (Wildman–Crippen MR) is 54.6 cm³/mol. The van der Waals surface area contributed by atoms with E-state index >= 15 is 0 Å². The number of hydrogen-bond acceptors (Lipinski definition) is 3. The van der Waals surface area contributed by atoms with Gasteiger partial charge in [0.25, 0.3) is 0 Å². The molecule has 0 fully saturated rings. The molecule has 0 saturated carbocycles. The summed E-state index contributed by atoms with van der Waals surface area (Å²) < 4.78 is 0. The smallest absolute Gasteiger partial charge is 0.238 e. The second-order valence-corrected chi connectivity index (χ2v) is 3.48. The molecule has 5 nitrogen and oxygen atoms in total. The van der Waals surface area contributed by atoms with Crippen LogP contribution in [0.1, 0.15) is 19.8 Å². The van der Waals surface area contributed by atoms with Crippen LogP contribution in [-0.2, 0) is 9.59 Å². The van der Waals surface area contributed by atoms with Crippen molar-refractivity contribution in [3.63, 3.8) is 0 Å². The Morgan fingerprint density at radius 3 is 2.43 bits per heavy atom. The SMILES string of the molecule is CC(NCCCC(N)=O)C(=O)N(C)C. The lowest BCUT2D eigenvalue weighted by molar-refractivity contribution is -0.130. The van der Waals surface area contributed by atoms with Crippen LogP contribution in [0.3, 0.4) is 0 Å². The monoisotopic (exact) mass is 201 g/mol. The quantitative estimate of drug-likeness (QED) is 0.559. The van der Waals surface area contributed by atoms with Crippen molar-refractivity contribution in [3.05, 3.63) is 0 Å². The minimum atomic E-state index is -0.307. The van der Waals surface area contributed by atoms with E-state index in [9.17, 15) is 9.59 Å². The molecule has 82 valence electrons. The first kappa shape index (κ1) is 12.9. The molecule has 5 heteroatoms. The molecular weight excluding hydrogens is 182 g/mol. The minimum Gasteiger partial charge on any atom is -0.370 e. The van der Waals surface area contributed by atoms with Gasteiger partial charge in [0, 0.05) is 20.5 Å². The van der Waals surface area contributed by atoms with E-state index in [2.05, 4.69) is 5.32 Å². The molecule has 0 heterocycles. The zero-order chi connectivity index (χ0) is 11.1. The van der Waals surface area contributed by atoms with Crippen LogP contribution in [-0.4, -0.2) is 43.4 Å². The fraction of sp³-hybridized carbons (Fsp3) is 0.778. The van der Waals surface area contributed by atoms with Crippen molar-refractivity contribution in [2.75, 3.05) is 20.6 Å². The number of carbonyl (C=O) groups excluding carboxylic acids is 2. The first-order valence-corrected chi connectivity index (χ1v) is 4.68. The van der Waals surface area contributed by atoms with Crippen LogP contribution in [0.4, 0.5) is 0 Å². The fourth-order valence-corrected chi connectivity index (χ4v) is 1.06. The van der Waals surface area contributed by atoms with Crippen LogP contribution in [0.5, 0.6) is 0 Å². The van der Waals surface area contributed by atoms with E-state index in [-0.39, 0.29) is 17.9 Å². The van der Waals surface area contributed by atoms with Crippen LogP contribution in [0.25, 0.3) is 0 Å². The Bertz CT molecular complexity index is 204. The van der Waals surface area contributed by atoms with Crippen molar-refractivity contribution >= 4 is 11.8 Å². The second kappa shape index (κ2) is 6.37. The third kappa shape index (κ3) is 5.53. The molecule has 14 heavy (non-hydrogen) atoms. The normalized spacial score (nSPS) is 12.2. The van der Waals surface area contributed by atoms with Gasteiger partial charge in [-0.3, -0.25) is 9.59 Å². The molecule has 3 N–H and O–H groups in total. The molecule has 0 spiro atoms. The largest absolute Gasteiger partial charge is 0.370 e. The van der Waals surface area contributed by atoms with Gasteiger partial charge in [-0.05, 0) is 19.9 Å². The summed E-state index contributed by atoms with van der Waals surface area (Å²) in [6.45, 7) is 2.43.